The Bertz CT molecular complexity index is 1190. The third-order valence-electron chi connectivity index (χ3n) is 6.75. The maximum atomic E-state index is 12.1. The van der Waals surface area contributed by atoms with E-state index >= 15 is 0 Å². The lowest BCUT2D eigenvalue weighted by atomic mass is 9.84. The first-order valence-electron chi connectivity index (χ1n) is 11.7. The SMILES string of the molecule is N#CCCC(=O)c1ccc(-c2ccnc(Nc3ccc(N4CCC5(CCO5)CC4)cc3)n2)cc1. The highest BCUT2D eigenvalue weighted by atomic mass is 16.5. The zero-order chi connectivity index (χ0) is 23.4. The van der Waals surface area contributed by atoms with Crippen LogP contribution in [-0.2, 0) is 4.74 Å². The highest BCUT2D eigenvalue weighted by molar-refractivity contribution is 5.96. The second kappa shape index (κ2) is 9.62. The summed E-state index contributed by atoms with van der Waals surface area (Å²) in [5.74, 6) is 0.489. The number of carbonyl (C=O) groups excluding carboxylic acids is 1. The lowest BCUT2D eigenvalue weighted by molar-refractivity contribution is -0.158. The van der Waals surface area contributed by atoms with Crippen LogP contribution in [0.5, 0.6) is 0 Å². The maximum Gasteiger partial charge on any atom is 0.227 e. The average molecular weight is 454 g/mol. The normalized spacial score (nSPS) is 16.5. The van der Waals surface area contributed by atoms with Crippen LogP contribution in [0.15, 0.2) is 60.8 Å². The predicted octanol–water partition coefficient (Wildman–Crippen LogP) is 5.13. The minimum atomic E-state index is -0.0259. The van der Waals surface area contributed by atoms with Crippen molar-refractivity contribution < 1.29 is 9.53 Å². The fraction of sp³-hybridized carbons (Fsp3) is 0.333. The zero-order valence-electron chi connectivity index (χ0n) is 19.0. The van der Waals surface area contributed by atoms with Crippen molar-refractivity contribution in [3.63, 3.8) is 0 Å². The number of ketones is 1. The van der Waals surface area contributed by atoms with E-state index in [-0.39, 0.29) is 24.2 Å². The molecule has 2 aliphatic rings. The minimum Gasteiger partial charge on any atom is -0.375 e. The van der Waals surface area contributed by atoms with Gasteiger partial charge in [-0.25, -0.2) is 9.97 Å². The molecule has 2 saturated heterocycles. The summed E-state index contributed by atoms with van der Waals surface area (Å²) in [7, 11) is 0. The van der Waals surface area contributed by atoms with E-state index in [2.05, 4.69) is 44.5 Å². The molecule has 2 aromatic carbocycles. The molecule has 34 heavy (non-hydrogen) atoms. The minimum absolute atomic E-state index is 0.0259. The van der Waals surface area contributed by atoms with Crippen molar-refractivity contribution in [1.82, 2.24) is 9.97 Å². The summed E-state index contributed by atoms with van der Waals surface area (Å²) >= 11 is 0. The highest BCUT2D eigenvalue weighted by Gasteiger charge is 2.41. The molecule has 1 spiro atoms. The first-order chi connectivity index (χ1) is 16.6. The van der Waals surface area contributed by atoms with Gasteiger partial charge in [-0.15, -0.1) is 0 Å². The largest absolute Gasteiger partial charge is 0.375 e. The van der Waals surface area contributed by atoms with Crippen LogP contribution >= 0.6 is 0 Å². The van der Waals surface area contributed by atoms with E-state index in [1.807, 2.05) is 24.3 Å². The number of aromatic nitrogens is 2. The lowest BCUT2D eigenvalue weighted by Gasteiger charge is -2.48. The first kappa shape index (κ1) is 22.1. The molecular weight excluding hydrogens is 426 g/mol. The van der Waals surface area contributed by atoms with Gasteiger partial charge in [-0.05, 0) is 49.6 Å². The Hall–Kier alpha value is -3.76. The van der Waals surface area contributed by atoms with E-state index in [4.69, 9.17) is 10.00 Å². The van der Waals surface area contributed by atoms with Gasteiger partial charge >= 0.3 is 0 Å². The molecule has 0 radical (unpaired) electrons. The first-order valence-corrected chi connectivity index (χ1v) is 11.7. The average Bonchev–Trinajstić information content (AvgIpc) is 2.87. The second-order valence-corrected chi connectivity index (χ2v) is 8.86. The molecule has 3 aromatic rings. The van der Waals surface area contributed by atoms with Gasteiger partial charge in [-0.3, -0.25) is 4.79 Å². The van der Waals surface area contributed by atoms with Crippen molar-refractivity contribution in [3.8, 4) is 17.3 Å². The molecule has 2 fully saturated rings. The van der Waals surface area contributed by atoms with Gasteiger partial charge in [0.25, 0.3) is 0 Å². The maximum absolute atomic E-state index is 12.1. The molecule has 7 nitrogen and oxygen atoms in total. The van der Waals surface area contributed by atoms with Gasteiger partial charge in [0.1, 0.15) is 0 Å². The van der Waals surface area contributed by atoms with Gasteiger partial charge in [0.2, 0.25) is 5.95 Å². The van der Waals surface area contributed by atoms with Crippen LogP contribution in [0, 0.1) is 11.3 Å². The fourth-order valence-electron chi connectivity index (χ4n) is 4.56. The monoisotopic (exact) mass is 453 g/mol. The molecule has 3 heterocycles. The number of nitriles is 1. The van der Waals surface area contributed by atoms with Crippen LogP contribution in [-0.4, -0.2) is 41.0 Å². The lowest BCUT2D eigenvalue weighted by Crippen LogP contribution is -2.52. The summed E-state index contributed by atoms with van der Waals surface area (Å²) in [6.07, 6.45) is 5.59. The van der Waals surface area contributed by atoms with Crippen molar-refractivity contribution in [2.24, 2.45) is 0 Å². The number of piperidine rings is 1. The molecule has 0 saturated carbocycles. The van der Waals surface area contributed by atoms with E-state index in [1.54, 1.807) is 18.3 Å². The van der Waals surface area contributed by atoms with Gasteiger partial charge in [0.05, 0.1) is 24.0 Å². The molecule has 0 amide bonds. The van der Waals surface area contributed by atoms with Gasteiger partial charge in [-0.2, -0.15) is 5.26 Å². The van der Waals surface area contributed by atoms with Crippen LogP contribution in [0.4, 0.5) is 17.3 Å². The van der Waals surface area contributed by atoms with E-state index in [9.17, 15) is 4.79 Å². The molecule has 1 N–H and O–H groups in total. The second-order valence-electron chi connectivity index (χ2n) is 8.86. The van der Waals surface area contributed by atoms with Crippen LogP contribution in [0.25, 0.3) is 11.3 Å². The third kappa shape index (κ3) is 4.78. The summed E-state index contributed by atoms with van der Waals surface area (Å²) in [5.41, 5.74) is 4.58. The summed E-state index contributed by atoms with van der Waals surface area (Å²) in [6.45, 7) is 2.97. The standard InChI is InChI=1S/C27H27N5O2/c28-15-1-2-25(33)21-5-3-20(4-6-21)24-11-16-29-26(31-24)30-22-7-9-23(10-8-22)32-17-12-27(13-18-32)14-19-34-27/h3-11,16H,1-2,12-14,17-19H2,(H,29,30,31). The Morgan fingerprint density at radius 2 is 1.79 bits per heavy atom. The number of carbonyl (C=O) groups is 1. The smallest absolute Gasteiger partial charge is 0.227 e. The number of ether oxygens (including phenoxy) is 1. The highest BCUT2D eigenvalue weighted by Crippen LogP contribution is 2.38. The van der Waals surface area contributed by atoms with E-state index in [0.29, 0.717) is 11.5 Å². The Morgan fingerprint density at radius 1 is 1.06 bits per heavy atom. The Kier molecular flexibility index (Phi) is 6.24. The van der Waals surface area contributed by atoms with Crippen molar-refractivity contribution in [2.75, 3.05) is 29.9 Å². The molecule has 0 atom stereocenters. The molecule has 0 bridgehead atoms. The van der Waals surface area contributed by atoms with Crippen LogP contribution in [0.2, 0.25) is 0 Å². The number of hydrogen-bond donors (Lipinski definition) is 1. The van der Waals surface area contributed by atoms with Crippen LogP contribution < -0.4 is 10.2 Å². The van der Waals surface area contributed by atoms with Crippen molar-refractivity contribution in [1.29, 1.82) is 5.26 Å². The summed E-state index contributed by atoms with van der Waals surface area (Å²) in [6, 6.07) is 19.5. The Labute approximate surface area is 199 Å². The van der Waals surface area contributed by atoms with Gasteiger partial charge in [0, 0.05) is 54.6 Å². The predicted molar refractivity (Wildman–Crippen MR) is 131 cm³/mol. The van der Waals surface area contributed by atoms with E-state index in [1.165, 1.54) is 12.1 Å². The van der Waals surface area contributed by atoms with Gasteiger partial charge < -0.3 is 15.0 Å². The van der Waals surface area contributed by atoms with E-state index < -0.39 is 0 Å². The number of rotatable bonds is 7. The molecule has 0 unspecified atom stereocenters. The molecule has 0 aliphatic carbocycles. The van der Waals surface area contributed by atoms with Gasteiger partial charge in [0.15, 0.2) is 5.78 Å². The number of hydrogen-bond acceptors (Lipinski definition) is 7. The zero-order valence-corrected chi connectivity index (χ0v) is 19.0. The molecule has 2 aliphatic heterocycles. The number of benzene rings is 2. The Morgan fingerprint density at radius 3 is 2.44 bits per heavy atom. The van der Waals surface area contributed by atoms with Crippen molar-refractivity contribution in [2.45, 2.75) is 37.7 Å². The van der Waals surface area contributed by atoms with Crippen LogP contribution in [0.1, 0.15) is 42.5 Å². The molecule has 172 valence electrons. The summed E-state index contributed by atoms with van der Waals surface area (Å²) < 4.78 is 5.82. The number of anilines is 3. The molecule has 7 heteroatoms. The molecule has 1 aromatic heterocycles. The van der Waals surface area contributed by atoms with Crippen molar-refractivity contribution >= 4 is 23.1 Å². The summed E-state index contributed by atoms with van der Waals surface area (Å²) in [5, 5.41) is 11.9. The third-order valence-corrected chi connectivity index (χ3v) is 6.75. The Balaban J connectivity index is 1.22. The number of Topliss-reactive ketones (excluding diaryl/α,β-unsaturated/α-hetero) is 1. The number of nitrogens with one attached hydrogen (secondary N) is 1. The number of nitrogens with zero attached hydrogens (tertiary/aromatic N) is 4. The van der Waals surface area contributed by atoms with Crippen LogP contribution in [0.3, 0.4) is 0 Å². The topological polar surface area (TPSA) is 91.1 Å². The quantitative estimate of drug-likeness (QED) is 0.496. The van der Waals surface area contributed by atoms with E-state index in [0.717, 1.165) is 49.5 Å². The molecular formula is C27H27N5O2. The summed E-state index contributed by atoms with van der Waals surface area (Å²) in [4.78, 5) is 23.5. The molecule has 5 rings (SSSR count). The fourth-order valence-corrected chi connectivity index (χ4v) is 4.56. The van der Waals surface area contributed by atoms with Gasteiger partial charge in [-0.1, -0.05) is 24.3 Å². The van der Waals surface area contributed by atoms with Crippen molar-refractivity contribution in [3.05, 3.63) is 66.4 Å².